The van der Waals surface area contributed by atoms with E-state index in [4.69, 9.17) is 5.84 Å². The first-order valence-electron chi connectivity index (χ1n) is 5.64. The summed E-state index contributed by atoms with van der Waals surface area (Å²) in [6.45, 7) is 0.935. The normalized spacial score (nSPS) is 20.0. The molecule has 0 radical (unpaired) electrons. The summed E-state index contributed by atoms with van der Waals surface area (Å²) in [5.41, 5.74) is 2.53. The van der Waals surface area contributed by atoms with Gasteiger partial charge in [-0.25, -0.2) is 15.8 Å². The number of aromatic nitrogens is 2. The van der Waals surface area contributed by atoms with E-state index in [0.29, 0.717) is 11.1 Å². The SMILES string of the molecule is NNc1ncnc(NCC2CCCCS2)c1Br. The summed E-state index contributed by atoms with van der Waals surface area (Å²) in [5, 5.41) is 4.02. The smallest absolute Gasteiger partial charge is 0.159 e. The zero-order chi connectivity index (χ0) is 12.1. The molecule has 2 rings (SSSR count). The highest BCUT2D eigenvalue weighted by atomic mass is 79.9. The first kappa shape index (κ1) is 12.9. The quantitative estimate of drug-likeness (QED) is 0.584. The Hall–Kier alpha value is -0.530. The van der Waals surface area contributed by atoms with Gasteiger partial charge in [-0.1, -0.05) is 6.42 Å². The number of nitrogens with one attached hydrogen (secondary N) is 2. The molecule has 2 heterocycles. The number of anilines is 2. The minimum absolute atomic E-state index is 0.596. The number of rotatable bonds is 4. The fourth-order valence-corrected chi connectivity index (χ4v) is 3.47. The van der Waals surface area contributed by atoms with Gasteiger partial charge in [-0.2, -0.15) is 11.8 Å². The van der Waals surface area contributed by atoms with Crippen LogP contribution in [0.4, 0.5) is 11.6 Å². The molecule has 0 amide bonds. The lowest BCUT2D eigenvalue weighted by Crippen LogP contribution is -2.21. The molecule has 0 aliphatic carbocycles. The van der Waals surface area contributed by atoms with Gasteiger partial charge in [0.25, 0.3) is 0 Å². The van der Waals surface area contributed by atoms with Crippen molar-refractivity contribution in [1.82, 2.24) is 9.97 Å². The van der Waals surface area contributed by atoms with E-state index >= 15 is 0 Å². The van der Waals surface area contributed by atoms with Crippen LogP contribution in [-0.2, 0) is 0 Å². The first-order chi connectivity index (χ1) is 8.31. The van der Waals surface area contributed by atoms with Crippen molar-refractivity contribution in [3.63, 3.8) is 0 Å². The van der Waals surface area contributed by atoms with Gasteiger partial charge < -0.3 is 10.7 Å². The fraction of sp³-hybridized carbons (Fsp3) is 0.600. The standard InChI is InChI=1S/C10H16BrN5S/c11-8-9(14-6-15-10(8)16-12)13-5-7-3-1-2-4-17-7/h6-7H,1-5,12H2,(H2,13,14,15,16). The van der Waals surface area contributed by atoms with E-state index in [1.807, 2.05) is 11.8 Å². The number of nitrogen functional groups attached to an aromatic ring is 1. The highest BCUT2D eigenvalue weighted by Crippen LogP contribution is 2.28. The number of nitrogens with two attached hydrogens (primary N) is 1. The molecule has 1 unspecified atom stereocenters. The molecule has 1 atom stereocenters. The molecule has 1 aliphatic rings. The molecule has 4 N–H and O–H groups in total. The van der Waals surface area contributed by atoms with Crippen molar-refractivity contribution in [3.05, 3.63) is 10.8 Å². The Morgan fingerprint density at radius 1 is 1.41 bits per heavy atom. The minimum Gasteiger partial charge on any atom is -0.368 e. The second-order valence-electron chi connectivity index (χ2n) is 3.90. The van der Waals surface area contributed by atoms with Gasteiger partial charge in [0.05, 0.1) is 0 Å². The van der Waals surface area contributed by atoms with Crippen LogP contribution in [0.2, 0.25) is 0 Å². The van der Waals surface area contributed by atoms with E-state index in [9.17, 15) is 0 Å². The predicted octanol–water partition coefficient (Wildman–Crippen LogP) is 2.22. The number of hydrogen-bond donors (Lipinski definition) is 3. The molecule has 1 aromatic heterocycles. The van der Waals surface area contributed by atoms with Gasteiger partial charge in [0.2, 0.25) is 0 Å². The number of thioether (sulfide) groups is 1. The molecule has 1 fully saturated rings. The Labute approximate surface area is 113 Å². The molecule has 0 saturated carbocycles. The van der Waals surface area contributed by atoms with E-state index in [-0.39, 0.29) is 0 Å². The number of hydrazine groups is 1. The monoisotopic (exact) mass is 317 g/mol. The average molecular weight is 318 g/mol. The summed E-state index contributed by atoms with van der Waals surface area (Å²) in [5.74, 6) is 8.01. The lowest BCUT2D eigenvalue weighted by Gasteiger charge is -2.22. The van der Waals surface area contributed by atoms with Gasteiger partial charge in [-0.05, 0) is 34.5 Å². The third kappa shape index (κ3) is 3.46. The maximum Gasteiger partial charge on any atom is 0.159 e. The molecular formula is C10H16BrN5S. The third-order valence-electron chi connectivity index (χ3n) is 2.70. The molecule has 0 spiro atoms. The molecule has 5 nitrogen and oxygen atoms in total. The molecule has 0 aromatic carbocycles. The average Bonchev–Trinajstić information content (AvgIpc) is 2.39. The molecule has 0 bridgehead atoms. The van der Waals surface area contributed by atoms with Gasteiger partial charge >= 0.3 is 0 Å². The summed E-state index contributed by atoms with van der Waals surface area (Å²) >= 11 is 5.47. The second-order valence-corrected chi connectivity index (χ2v) is 6.10. The molecule has 17 heavy (non-hydrogen) atoms. The topological polar surface area (TPSA) is 75.9 Å². The van der Waals surface area contributed by atoms with Crippen molar-refractivity contribution >= 4 is 39.3 Å². The Morgan fingerprint density at radius 3 is 2.94 bits per heavy atom. The zero-order valence-corrected chi connectivity index (χ0v) is 11.9. The van der Waals surface area contributed by atoms with Crippen molar-refractivity contribution in [3.8, 4) is 0 Å². The largest absolute Gasteiger partial charge is 0.368 e. The van der Waals surface area contributed by atoms with Gasteiger partial charge in [0.1, 0.15) is 16.6 Å². The Kier molecular flexibility index (Phi) is 4.87. The summed E-state index contributed by atoms with van der Waals surface area (Å²) < 4.78 is 0.781. The Morgan fingerprint density at radius 2 is 2.24 bits per heavy atom. The maximum atomic E-state index is 5.36. The van der Waals surface area contributed by atoms with Crippen LogP contribution in [0, 0.1) is 0 Å². The lowest BCUT2D eigenvalue weighted by molar-refractivity contribution is 0.677. The van der Waals surface area contributed by atoms with Crippen LogP contribution in [-0.4, -0.2) is 27.5 Å². The summed E-state index contributed by atoms with van der Waals surface area (Å²) in [6, 6.07) is 0. The molecule has 1 saturated heterocycles. The van der Waals surface area contributed by atoms with Crippen LogP contribution < -0.4 is 16.6 Å². The third-order valence-corrected chi connectivity index (χ3v) is 4.85. The molecule has 94 valence electrons. The van der Waals surface area contributed by atoms with Crippen LogP contribution in [0.3, 0.4) is 0 Å². The van der Waals surface area contributed by atoms with E-state index in [1.165, 1.54) is 31.3 Å². The van der Waals surface area contributed by atoms with Crippen molar-refractivity contribution < 1.29 is 0 Å². The minimum atomic E-state index is 0.596. The van der Waals surface area contributed by atoms with Gasteiger partial charge in [0, 0.05) is 11.8 Å². The van der Waals surface area contributed by atoms with E-state index in [0.717, 1.165) is 16.8 Å². The Balaban J connectivity index is 1.93. The zero-order valence-electron chi connectivity index (χ0n) is 9.45. The van der Waals surface area contributed by atoms with Crippen LogP contribution >= 0.6 is 27.7 Å². The first-order valence-corrected chi connectivity index (χ1v) is 7.48. The highest BCUT2D eigenvalue weighted by molar-refractivity contribution is 9.10. The second kappa shape index (κ2) is 6.42. The summed E-state index contributed by atoms with van der Waals surface area (Å²) in [6.07, 6.45) is 5.46. The fourth-order valence-electron chi connectivity index (χ4n) is 1.77. The molecular weight excluding hydrogens is 302 g/mol. The Bertz CT molecular complexity index is 370. The van der Waals surface area contributed by atoms with E-state index in [1.54, 1.807) is 0 Å². The molecule has 1 aliphatic heterocycles. The number of halogens is 1. The molecule has 7 heteroatoms. The van der Waals surface area contributed by atoms with Crippen LogP contribution in [0.15, 0.2) is 10.8 Å². The van der Waals surface area contributed by atoms with Gasteiger partial charge in [-0.3, -0.25) is 0 Å². The van der Waals surface area contributed by atoms with Crippen LogP contribution in [0.25, 0.3) is 0 Å². The van der Waals surface area contributed by atoms with Crippen molar-refractivity contribution in [2.75, 3.05) is 23.0 Å². The van der Waals surface area contributed by atoms with Crippen LogP contribution in [0.5, 0.6) is 0 Å². The maximum absolute atomic E-state index is 5.36. The predicted molar refractivity (Wildman–Crippen MR) is 76.1 cm³/mol. The van der Waals surface area contributed by atoms with Crippen molar-refractivity contribution in [2.24, 2.45) is 5.84 Å². The highest BCUT2D eigenvalue weighted by Gasteiger charge is 2.15. The van der Waals surface area contributed by atoms with E-state index in [2.05, 4.69) is 36.6 Å². The van der Waals surface area contributed by atoms with E-state index < -0.39 is 0 Å². The van der Waals surface area contributed by atoms with Crippen molar-refractivity contribution in [1.29, 1.82) is 0 Å². The molecule has 1 aromatic rings. The van der Waals surface area contributed by atoms with Gasteiger partial charge in [0.15, 0.2) is 5.82 Å². The lowest BCUT2D eigenvalue weighted by atomic mass is 10.2. The summed E-state index contributed by atoms with van der Waals surface area (Å²) in [4.78, 5) is 8.21. The van der Waals surface area contributed by atoms with Crippen LogP contribution in [0.1, 0.15) is 19.3 Å². The van der Waals surface area contributed by atoms with Gasteiger partial charge in [-0.15, -0.1) is 0 Å². The number of nitrogens with zero attached hydrogens (tertiary/aromatic N) is 2. The summed E-state index contributed by atoms with van der Waals surface area (Å²) in [7, 11) is 0. The number of hydrogen-bond acceptors (Lipinski definition) is 6. The van der Waals surface area contributed by atoms with Crippen molar-refractivity contribution in [2.45, 2.75) is 24.5 Å².